The average Bonchev–Trinajstić information content (AvgIpc) is 1.70. The van der Waals surface area contributed by atoms with Gasteiger partial charge in [0.05, 0.1) is 12.5 Å². The lowest BCUT2D eigenvalue weighted by atomic mass is 9.97. The van der Waals surface area contributed by atoms with Crippen LogP contribution < -0.4 is 79.8 Å². The molecule has 13 aromatic rings. The van der Waals surface area contributed by atoms with Crippen LogP contribution in [0, 0.1) is 0 Å². The van der Waals surface area contributed by atoms with E-state index in [0.717, 1.165) is 245 Å². The van der Waals surface area contributed by atoms with Gasteiger partial charge in [0, 0.05) is 268 Å². The monoisotopic (exact) mass is 1830 g/mol. The quantitative estimate of drug-likeness (QED) is 0.0188. The summed E-state index contributed by atoms with van der Waals surface area (Å²) in [4.78, 5) is 101. The van der Waals surface area contributed by atoms with Gasteiger partial charge in [-0.25, -0.2) is 24.9 Å². The highest BCUT2D eigenvalue weighted by Gasteiger charge is 2.24. The number of nitrogens with two attached hydrogens (primary N) is 5. The fourth-order valence-corrected chi connectivity index (χ4v) is 17.2. The normalized spacial score (nSPS) is 15.1. The lowest BCUT2D eigenvalue weighted by Crippen LogP contribution is -2.43. The third-order valence-corrected chi connectivity index (χ3v) is 25.3. The van der Waals surface area contributed by atoms with Crippen molar-refractivity contribution in [3.63, 3.8) is 0 Å². The number of aromatic nitrogens is 6. The molecule has 27 nitrogen and oxygen atoms in total. The van der Waals surface area contributed by atoms with Crippen LogP contribution in [0.15, 0.2) is 297 Å². The van der Waals surface area contributed by atoms with Crippen LogP contribution in [0.25, 0.3) is 44.5 Å². The number of hydrogen-bond donors (Lipinski definition) is 10. The third-order valence-electron chi connectivity index (χ3n) is 25.3. The highest BCUT2D eigenvalue weighted by molar-refractivity contribution is 6.01. The lowest BCUT2D eigenvalue weighted by molar-refractivity contribution is 0.0984. The molecule has 0 bridgehead atoms. The van der Waals surface area contributed by atoms with E-state index in [1.165, 1.54) is 11.1 Å². The van der Waals surface area contributed by atoms with Gasteiger partial charge in [0.2, 0.25) is 0 Å². The molecule has 7 aliphatic rings. The molecule has 698 valence electrons. The molecule has 6 aromatic carbocycles. The summed E-state index contributed by atoms with van der Waals surface area (Å²) < 4.78 is 5.14. The molecule has 7 aromatic heterocycles. The Kier molecular flexibility index (Phi) is 32.5. The second kappa shape index (κ2) is 47.0. The summed E-state index contributed by atoms with van der Waals surface area (Å²) in [7, 11) is 0. The van der Waals surface area contributed by atoms with Crippen molar-refractivity contribution in [3.8, 4) is 33.4 Å². The summed E-state index contributed by atoms with van der Waals surface area (Å²) >= 11 is 0. The summed E-state index contributed by atoms with van der Waals surface area (Å²) in [5.74, 6) is 4.72. The number of hydrogen-bond acceptors (Lipinski definition) is 27. The number of nitrogens with one attached hydrogen (secondary N) is 5. The Morgan fingerprint density at radius 1 is 0.285 bits per heavy atom. The standard InChI is InChI=1S/C23H24N4O.C22H23N5O.2C22H24N4O.C21H22N4O2/c24-21-8-6-18(17-4-2-1-3-5-17)14-20(21)15-22(28)19-7-9-23(26-16-19)27-12-10-25-11-13-27;23-20-3-1-17(16-5-7-24-8-6-16)13-19(20)14-21(28)18-2-4-22(26-15-18)27-11-9-25-10-12-27;2*23-20-7-5-17(16-3-1-2-4-16)13-19(20)14-21(27)18-6-8-22(25-15-18)26-11-9-24-10-12-26;22-19-3-1-15(17-5-10-27-14-17)11-18(19)12-20(26)16-2-4-21(24-13-16)25-8-6-23-7-9-25/h1-9,14,16,25H,10-13,15,24H2;1-8,13,15,25H,9-12,14,23H2;2*1-3,5-8,13,15,24H,4,9-12,14,23H2;1-5,10-11,13-14,23H,6-9,12,22H2. The third kappa shape index (κ3) is 25.8. The number of furan rings is 1. The van der Waals surface area contributed by atoms with Gasteiger partial charge in [-0.1, -0.05) is 97.1 Å². The molecule has 15 N–H and O–H groups in total. The minimum atomic E-state index is 0.00500. The summed E-state index contributed by atoms with van der Waals surface area (Å²) in [6.45, 7) is 18.9. The van der Waals surface area contributed by atoms with Crippen molar-refractivity contribution < 1.29 is 28.4 Å². The number of carbonyl (C=O) groups is 5. The second-order valence-corrected chi connectivity index (χ2v) is 34.5. The first-order valence-corrected chi connectivity index (χ1v) is 46.9. The molecule has 20 rings (SSSR count). The predicted molar refractivity (Wildman–Crippen MR) is 551 cm³/mol. The Morgan fingerprint density at radius 2 is 0.547 bits per heavy atom. The van der Waals surface area contributed by atoms with Crippen molar-refractivity contribution >= 4 is 97.6 Å². The molecule has 5 saturated heterocycles. The van der Waals surface area contributed by atoms with Crippen LogP contribution in [0.5, 0.6) is 0 Å². The molecule has 0 unspecified atom stereocenters. The van der Waals surface area contributed by atoms with Crippen molar-refractivity contribution in [3.05, 3.63) is 359 Å². The maximum Gasteiger partial charge on any atom is 0.168 e. The minimum absolute atomic E-state index is 0.00500. The Hall–Kier alpha value is -15.4. The molecule has 137 heavy (non-hydrogen) atoms. The Morgan fingerprint density at radius 3 is 0.796 bits per heavy atom. The van der Waals surface area contributed by atoms with Crippen LogP contribution in [0.3, 0.4) is 0 Å². The summed E-state index contributed by atoms with van der Waals surface area (Å²) in [6, 6.07) is 64.1. The molecule has 0 amide bonds. The van der Waals surface area contributed by atoms with Crippen LogP contribution in [0.1, 0.15) is 104 Å². The van der Waals surface area contributed by atoms with E-state index < -0.39 is 0 Å². The molecule has 5 fully saturated rings. The molecule has 27 heteroatoms. The fraction of sp³-hybridized carbons (Fsp3) is 0.245. The summed E-state index contributed by atoms with van der Waals surface area (Å²) in [5.41, 5.74) is 52.0. The summed E-state index contributed by atoms with van der Waals surface area (Å²) in [5, 5.41) is 16.6. The Labute approximate surface area is 799 Å². The van der Waals surface area contributed by atoms with Gasteiger partial charge in [-0.05, 0) is 230 Å². The number of nitrogen functional groups attached to an aromatic ring is 5. The molecule has 0 saturated carbocycles. The molecule has 0 spiro atoms. The van der Waals surface area contributed by atoms with Crippen molar-refractivity contribution in [1.29, 1.82) is 0 Å². The number of Topliss-reactive ketones (excluding diaryl/α,β-unsaturated/α-hetero) is 5. The molecule has 12 heterocycles. The largest absolute Gasteiger partial charge is 0.472 e. The maximum absolute atomic E-state index is 12.8. The van der Waals surface area contributed by atoms with Gasteiger partial charge < -0.3 is 84.2 Å². The van der Waals surface area contributed by atoms with Gasteiger partial charge in [0.15, 0.2) is 28.9 Å². The van der Waals surface area contributed by atoms with Gasteiger partial charge in [0.25, 0.3) is 0 Å². The van der Waals surface area contributed by atoms with Crippen molar-refractivity contribution in [2.24, 2.45) is 0 Å². The van der Waals surface area contributed by atoms with Crippen molar-refractivity contribution in [1.82, 2.24) is 56.5 Å². The number of ketones is 5. The SMILES string of the molecule is Nc1ccc(-c2ccccc2)cc1CC(=O)c1ccc(N2CCNCC2)nc1.Nc1ccc(-c2ccncc2)cc1CC(=O)c1ccc(N2CCNCC2)nc1.Nc1ccc(-c2ccoc2)cc1CC(=O)c1ccc(N2CCNCC2)nc1.Nc1ccc(C2=CC=CC2)cc1CC(=O)c1ccc(N2CCNCC2)nc1.Nc1ccc(C2=CC=CC2)cc1CC(=O)c1ccc(N2CCNCC2)nc1. The number of allylic oxidation sites excluding steroid dienone is 8. The van der Waals surface area contributed by atoms with Crippen molar-refractivity contribution in [2.45, 2.75) is 44.9 Å². The average molecular weight is 1830 g/mol. The molecular formula is C110H117N21O6. The predicted octanol–water partition coefficient (Wildman–Crippen LogP) is 14.2. The van der Waals surface area contributed by atoms with Gasteiger partial charge in [-0.2, -0.15) is 0 Å². The summed E-state index contributed by atoms with van der Waals surface area (Å²) in [6.07, 6.45) is 30.9. The van der Waals surface area contributed by atoms with E-state index in [0.29, 0.717) is 56.3 Å². The van der Waals surface area contributed by atoms with Crippen molar-refractivity contribution in [2.75, 3.05) is 184 Å². The fourth-order valence-electron chi connectivity index (χ4n) is 17.2. The van der Waals surface area contributed by atoms with E-state index in [9.17, 15) is 24.0 Å². The number of pyridine rings is 6. The minimum Gasteiger partial charge on any atom is -0.472 e. The zero-order chi connectivity index (χ0) is 94.6. The number of anilines is 10. The van der Waals surface area contributed by atoms with Crippen LogP contribution in [-0.2, 0) is 32.1 Å². The Balaban J connectivity index is 0.000000124. The molecule has 0 atom stereocenters. The molecule has 2 aliphatic carbocycles. The van der Waals surface area contributed by atoms with Gasteiger partial charge in [-0.15, -0.1) is 0 Å². The second-order valence-electron chi connectivity index (χ2n) is 34.5. The van der Waals surface area contributed by atoms with Crippen LogP contribution >= 0.6 is 0 Å². The first-order valence-electron chi connectivity index (χ1n) is 46.9. The van der Waals surface area contributed by atoms with Gasteiger partial charge in [-0.3, -0.25) is 29.0 Å². The first kappa shape index (κ1) is 94.8. The highest BCUT2D eigenvalue weighted by atomic mass is 16.3. The molecular weight excluding hydrogens is 1710 g/mol. The smallest absolute Gasteiger partial charge is 0.168 e. The van der Waals surface area contributed by atoms with E-state index in [-0.39, 0.29) is 61.0 Å². The molecule has 0 radical (unpaired) electrons. The van der Waals surface area contributed by atoms with Crippen LogP contribution in [-0.4, -0.2) is 190 Å². The van der Waals surface area contributed by atoms with E-state index in [2.05, 4.69) is 130 Å². The highest BCUT2D eigenvalue weighted by Crippen LogP contribution is 2.33. The topological polar surface area (TPSA) is 382 Å². The first-order chi connectivity index (χ1) is 67.0. The zero-order valence-electron chi connectivity index (χ0n) is 77.1. The van der Waals surface area contributed by atoms with E-state index >= 15 is 0 Å². The van der Waals surface area contributed by atoms with E-state index in [4.69, 9.17) is 33.1 Å². The number of piperazine rings is 5. The maximum atomic E-state index is 12.8. The van der Waals surface area contributed by atoms with E-state index in [1.807, 2.05) is 188 Å². The van der Waals surface area contributed by atoms with Gasteiger partial charge in [0.1, 0.15) is 29.1 Å². The number of rotatable bonds is 25. The number of benzene rings is 6. The zero-order valence-corrected chi connectivity index (χ0v) is 77.1. The Bertz CT molecular complexity index is 6090. The lowest BCUT2D eigenvalue weighted by Gasteiger charge is -2.28. The van der Waals surface area contributed by atoms with Crippen LogP contribution in [0.2, 0.25) is 0 Å². The number of carbonyl (C=O) groups excluding carboxylic acids is 5. The van der Waals surface area contributed by atoms with Crippen LogP contribution in [0.4, 0.5) is 57.5 Å². The molecule has 5 aliphatic heterocycles. The van der Waals surface area contributed by atoms with Gasteiger partial charge >= 0.3 is 0 Å². The number of nitrogens with zero attached hydrogens (tertiary/aromatic N) is 11. The van der Waals surface area contributed by atoms with E-state index in [1.54, 1.807) is 55.9 Å².